The fraction of sp³-hybridized carbons (Fsp3) is 0.300. The van der Waals surface area contributed by atoms with Crippen LogP contribution in [0.15, 0.2) is 29.7 Å². The van der Waals surface area contributed by atoms with Crippen LogP contribution in [-0.2, 0) is 4.79 Å². The lowest BCUT2D eigenvalue weighted by Crippen LogP contribution is -2.23. The van der Waals surface area contributed by atoms with Crippen LogP contribution in [0.3, 0.4) is 0 Å². The first-order chi connectivity index (χ1) is 6.61. The minimum atomic E-state index is -0.948. The number of rotatable bonds is 5. The molecule has 0 radical (unpaired) electrons. The van der Waals surface area contributed by atoms with Gasteiger partial charge in [0.15, 0.2) is 0 Å². The van der Waals surface area contributed by atoms with Gasteiger partial charge in [0.05, 0.1) is 0 Å². The molecule has 0 bridgehead atoms. The van der Waals surface area contributed by atoms with Crippen molar-refractivity contribution in [3.8, 4) is 0 Å². The minimum Gasteiger partial charge on any atom is -0.478 e. The Kier molecular flexibility index (Phi) is 3.85. The molecule has 1 rings (SSSR count). The van der Waals surface area contributed by atoms with E-state index in [1.54, 1.807) is 11.3 Å². The zero-order chi connectivity index (χ0) is 10.6. The van der Waals surface area contributed by atoms with Gasteiger partial charge in [0.2, 0.25) is 0 Å². The second kappa shape index (κ2) is 4.93. The summed E-state index contributed by atoms with van der Waals surface area (Å²) in [6.45, 7) is 5.76. The van der Waals surface area contributed by atoms with Gasteiger partial charge in [-0.2, -0.15) is 0 Å². The van der Waals surface area contributed by atoms with Crippen LogP contribution < -0.4 is 5.32 Å². The molecule has 0 saturated carbocycles. The van der Waals surface area contributed by atoms with Gasteiger partial charge in [0, 0.05) is 23.0 Å². The molecule has 0 amide bonds. The van der Waals surface area contributed by atoms with Gasteiger partial charge in [-0.25, -0.2) is 4.79 Å². The monoisotopic (exact) mass is 211 g/mol. The molecule has 1 unspecified atom stereocenters. The first-order valence-corrected chi connectivity index (χ1v) is 5.17. The van der Waals surface area contributed by atoms with E-state index in [0.717, 1.165) is 0 Å². The summed E-state index contributed by atoms with van der Waals surface area (Å²) in [4.78, 5) is 11.7. The van der Waals surface area contributed by atoms with Crippen molar-refractivity contribution in [3.63, 3.8) is 0 Å². The molecule has 1 heterocycles. The van der Waals surface area contributed by atoms with Gasteiger partial charge in [-0.05, 0) is 18.4 Å². The Morgan fingerprint density at radius 2 is 2.50 bits per heavy atom. The molecule has 4 heteroatoms. The number of carboxylic acid groups (broad SMARTS) is 1. The quantitative estimate of drug-likeness (QED) is 0.733. The molecule has 1 atom stereocenters. The Bertz CT molecular complexity index is 319. The molecule has 1 aromatic rings. The normalized spacial score (nSPS) is 12.4. The molecule has 1 aromatic heterocycles. The Morgan fingerprint density at radius 3 is 3.00 bits per heavy atom. The molecule has 0 spiro atoms. The number of hydrogen-bond acceptors (Lipinski definition) is 3. The maximum atomic E-state index is 10.5. The fourth-order valence-electron chi connectivity index (χ4n) is 0.990. The van der Waals surface area contributed by atoms with Gasteiger partial charge in [0.1, 0.15) is 0 Å². The van der Waals surface area contributed by atoms with Crippen LogP contribution in [-0.4, -0.2) is 17.6 Å². The standard InChI is InChI=1S/C10H13NO2S/c1-7(10(12)13)6-11-8(2)9-4-3-5-14-9/h3-5,8,11H,1,6H2,2H3,(H,12,13). The Morgan fingerprint density at radius 1 is 1.79 bits per heavy atom. The molecule has 2 N–H and O–H groups in total. The van der Waals surface area contributed by atoms with E-state index in [1.807, 2.05) is 24.4 Å². The van der Waals surface area contributed by atoms with Crippen LogP contribution in [0.5, 0.6) is 0 Å². The van der Waals surface area contributed by atoms with E-state index in [4.69, 9.17) is 5.11 Å². The van der Waals surface area contributed by atoms with E-state index < -0.39 is 5.97 Å². The molecule has 14 heavy (non-hydrogen) atoms. The molecular formula is C10H13NO2S. The predicted octanol–water partition coefficient (Wildman–Crippen LogP) is 2.04. The van der Waals surface area contributed by atoms with E-state index >= 15 is 0 Å². The summed E-state index contributed by atoms with van der Waals surface area (Å²) in [5.41, 5.74) is 0.188. The smallest absolute Gasteiger partial charge is 0.332 e. The van der Waals surface area contributed by atoms with Crippen molar-refractivity contribution in [1.29, 1.82) is 0 Å². The van der Waals surface area contributed by atoms with E-state index in [2.05, 4.69) is 11.9 Å². The van der Waals surface area contributed by atoms with E-state index in [-0.39, 0.29) is 11.6 Å². The van der Waals surface area contributed by atoms with Gasteiger partial charge in [-0.3, -0.25) is 0 Å². The number of carboxylic acids is 1. The molecule has 0 fully saturated rings. The number of aliphatic carboxylic acids is 1. The van der Waals surface area contributed by atoms with Gasteiger partial charge in [0.25, 0.3) is 0 Å². The zero-order valence-electron chi connectivity index (χ0n) is 7.99. The van der Waals surface area contributed by atoms with Gasteiger partial charge < -0.3 is 10.4 Å². The number of hydrogen-bond donors (Lipinski definition) is 2. The summed E-state index contributed by atoms with van der Waals surface area (Å²) >= 11 is 1.65. The highest BCUT2D eigenvalue weighted by Crippen LogP contribution is 2.17. The van der Waals surface area contributed by atoms with Crippen LogP contribution in [0.2, 0.25) is 0 Å². The summed E-state index contributed by atoms with van der Waals surface area (Å²) in [6.07, 6.45) is 0. The Labute approximate surface area is 87.1 Å². The lowest BCUT2D eigenvalue weighted by atomic mass is 10.2. The highest BCUT2D eigenvalue weighted by molar-refractivity contribution is 7.10. The van der Waals surface area contributed by atoms with Gasteiger partial charge in [-0.15, -0.1) is 11.3 Å². The molecule has 3 nitrogen and oxygen atoms in total. The third kappa shape index (κ3) is 2.97. The van der Waals surface area contributed by atoms with E-state index in [1.165, 1.54) is 4.88 Å². The summed E-state index contributed by atoms with van der Waals surface area (Å²) < 4.78 is 0. The number of carbonyl (C=O) groups is 1. The van der Waals surface area contributed by atoms with E-state index in [9.17, 15) is 4.79 Å². The first-order valence-electron chi connectivity index (χ1n) is 4.29. The second-order valence-electron chi connectivity index (χ2n) is 3.03. The van der Waals surface area contributed by atoms with Crippen LogP contribution >= 0.6 is 11.3 Å². The SMILES string of the molecule is C=C(CNC(C)c1cccs1)C(=O)O. The maximum absolute atomic E-state index is 10.5. The van der Waals surface area contributed by atoms with Crippen molar-refractivity contribution in [2.45, 2.75) is 13.0 Å². The molecule has 0 aromatic carbocycles. The van der Waals surface area contributed by atoms with Crippen molar-refractivity contribution in [3.05, 3.63) is 34.5 Å². The Hall–Kier alpha value is -1.13. The van der Waals surface area contributed by atoms with Crippen molar-refractivity contribution in [1.82, 2.24) is 5.32 Å². The van der Waals surface area contributed by atoms with Gasteiger partial charge >= 0.3 is 5.97 Å². The average molecular weight is 211 g/mol. The van der Waals surface area contributed by atoms with Gasteiger partial charge in [-0.1, -0.05) is 12.6 Å². The van der Waals surface area contributed by atoms with Crippen LogP contribution in [0, 0.1) is 0 Å². The number of nitrogens with one attached hydrogen (secondary N) is 1. The third-order valence-electron chi connectivity index (χ3n) is 1.89. The summed E-state index contributed by atoms with van der Waals surface area (Å²) in [7, 11) is 0. The topological polar surface area (TPSA) is 49.3 Å². The van der Waals surface area contributed by atoms with Crippen LogP contribution in [0.25, 0.3) is 0 Å². The first kappa shape index (κ1) is 10.9. The molecular weight excluding hydrogens is 198 g/mol. The number of thiophene rings is 1. The summed E-state index contributed by atoms with van der Waals surface area (Å²) in [6, 6.07) is 4.17. The van der Waals surface area contributed by atoms with Crippen molar-refractivity contribution in [2.24, 2.45) is 0 Å². The molecule has 0 saturated heterocycles. The zero-order valence-corrected chi connectivity index (χ0v) is 8.80. The molecule has 76 valence electrons. The second-order valence-corrected chi connectivity index (χ2v) is 4.01. The van der Waals surface area contributed by atoms with E-state index in [0.29, 0.717) is 6.54 Å². The van der Waals surface area contributed by atoms with Crippen LogP contribution in [0.1, 0.15) is 17.8 Å². The minimum absolute atomic E-state index is 0.172. The average Bonchev–Trinajstić information content (AvgIpc) is 2.66. The predicted molar refractivity (Wildman–Crippen MR) is 57.5 cm³/mol. The molecule has 0 aliphatic rings. The van der Waals surface area contributed by atoms with Crippen molar-refractivity contribution < 1.29 is 9.90 Å². The maximum Gasteiger partial charge on any atom is 0.332 e. The van der Waals surface area contributed by atoms with Crippen LogP contribution in [0.4, 0.5) is 0 Å². The lowest BCUT2D eigenvalue weighted by Gasteiger charge is -2.11. The molecule has 0 aliphatic heterocycles. The fourth-order valence-corrected chi connectivity index (χ4v) is 1.75. The molecule has 0 aliphatic carbocycles. The Balaban J connectivity index is 2.39. The highest BCUT2D eigenvalue weighted by Gasteiger charge is 2.08. The summed E-state index contributed by atoms with van der Waals surface area (Å²) in [5, 5.41) is 13.7. The highest BCUT2D eigenvalue weighted by atomic mass is 32.1. The largest absolute Gasteiger partial charge is 0.478 e. The summed E-state index contributed by atoms with van der Waals surface area (Å²) in [5.74, 6) is -0.948. The lowest BCUT2D eigenvalue weighted by molar-refractivity contribution is -0.132. The van der Waals surface area contributed by atoms with Crippen molar-refractivity contribution >= 4 is 17.3 Å². The van der Waals surface area contributed by atoms with Crippen molar-refractivity contribution in [2.75, 3.05) is 6.54 Å². The third-order valence-corrected chi connectivity index (χ3v) is 2.95.